The molecule has 3 rings (SSSR count). The number of carbonyl (C=O) groups excluding carboxylic acids is 1. The van der Waals surface area contributed by atoms with Gasteiger partial charge in [0.05, 0.1) is 13.7 Å². The van der Waals surface area contributed by atoms with Gasteiger partial charge < -0.3 is 14.8 Å². The monoisotopic (exact) mass is 388 g/mol. The van der Waals surface area contributed by atoms with Gasteiger partial charge in [0.25, 0.3) is 0 Å². The van der Waals surface area contributed by atoms with E-state index in [0.29, 0.717) is 18.1 Å². The van der Waals surface area contributed by atoms with Crippen molar-refractivity contribution in [3.05, 3.63) is 89.8 Å². The molecule has 0 atom stereocenters. The van der Waals surface area contributed by atoms with Crippen molar-refractivity contribution in [2.24, 2.45) is 0 Å². The molecule has 0 bridgehead atoms. The van der Waals surface area contributed by atoms with Crippen molar-refractivity contribution in [3.8, 4) is 11.5 Å². The number of nitrogens with one attached hydrogen (secondary N) is 1. The third-order valence-electron chi connectivity index (χ3n) is 4.29. The van der Waals surface area contributed by atoms with Crippen LogP contribution in [0.4, 0.5) is 5.69 Å². The molecule has 0 saturated carbocycles. The molecule has 2 aromatic carbocycles. The van der Waals surface area contributed by atoms with Gasteiger partial charge in [-0.15, -0.1) is 0 Å². The number of amides is 1. The van der Waals surface area contributed by atoms with Crippen molar-refractivity contribution in [2.45, 2.75) is 13.3 Å². The summed E-state index contributed by atoms with van der Waals surface area (Å²) in [6, 6.07) is 17.4. The molecule has 1 heterocycles. The fraction of sp³-hybridized carbons (Fsp3) is 0.167. The Morgan fingerprint density at radius 3 is 2.41 bits per heavy atom. The van der Waals surface area contributed by atoms with Gasteiger partial charge >= 0.3 is 0 Å². The van der Waals surface area contributed by atoms with E-state index in [2.05, 4.69) is 10.3 Å². The van der Waals surface area contributed by atoms with Crippen LogP contribution in [0.15, 0.2) is 73.1 Å². The van der Waals surface area contributed by atoms with Crippen molar-refractivity contribution in [2.75, 3.05) is 19.0 Å². The van der Waals surface area contributed by atoms with Crippen LogP contribution in [0.25, 0.3) is 6.08 Å². The number of methoxy groups -OCH3 is 1. The van der Waals surface area contributed by atoms with E-state index in [4.69, 9.17) is 9.47 Å². The predicted molar refractivity (Wildman–Crippen MR) is 115 cm³/mol. The number of ether oxygens (including phenoxy) is 2. The average molecular weight is 388 g/mol. The van der Waals surface area contributed by atoms with Crippen molar-refractivity contribution in [1.29, 1.82) is 0 Å². The first-order valence-corrected chi connectivity index (χ1v) is 9.45. The number of hydrogen-bond acceptors (Lipinski definition) is 4. The van der Waals surface area contributed by atoms with E-state index >= 15 is 0 Å². The van der Waals surface area contributed by atoms with Gasteiger partial charge in [-0.2, -0.15) is 0 Å². The quantitative estimate of drug-likeness (QED) is 0.567. The Morgan fingerprint density at radius 2 is 1.72 bits per heavy atom. The SMILES string of the molecule is CCOc1cc(/C=C/C(=O)Nc2ccc(Cc3ccncc3)cc2)ccc1OC. The second-order valence-corrected chi connectivity index (χ2v) is 6.40. The fourth-order valence-electron chi connectivity index (χ4n) is 2.86. The lowest BCUT2D eigenvalue weighted by molar-refractivity contribution is -0.111. The van der Waals surface area contributed by atoms with Crippen molar-refractivity contribution >= 4 is 17.7 Å². The van der Waals surface area contributed by atoms with Crippen LogP contribution in [0.5, 0.6) is 11.5 Å². The highest BCUT2D eigenvalue weighted by Gasteiger charge is 2.05. The van der Waals surface area contributed by atoms with Gasteiger partial charge in [0, 0.05) is 24.2 Å². The summed E-state index contributed by atoms with van der Waals surface area (Å²) in [6.45, 7) is 2.46. The van der Waals surface area contributed by atoms with Crippen LogP contribution in [0.1, 0.15) is 23.6 Å². The van der Waals surface area contributed by atoms with Crippen LogP contribution in [-0.4, -0.2) is 24.6 Å². The van der Waals surface area contributed by atoms with Gasteiger partial charge in [0.1, 0.15) is 0 Å². The first-order chi connectivity index (χ1) is 14.2. The summed E-state index contributed by atoms with van der Waals surface area (Å²) in [5.74, 6) is 1.13. The lowest BCUT2D eigenvalue weighted by atomic mass is 10.1. The minimum Gasteiger partial charge on any atom is -0.493 e. The van der Waals surface area contributed by atoms with E-state index in [1.165, 1.54) is 17.2 Å². The summed E-state index contributed by atoms with van der Waals surface area (Å²) in [5.41, 5.74) is 3.98. The summed E-state index contributed by atoms with van der Waals surface area (Å²) < 4.78 is 10.8. The highest BCUT2D eigenvalue weighted by atomic mass is 16.5. The number of rotatable bonds is 8. The van der Waals surface area contributed by atoms with E-state index in [0.717, 1.165) is 17.7 Å². The number of carbonyl (C=O) groups is 1. The standard InChI is InChI=1S/C24H24N2O3/c1-3-29-23-17-19(6-10-22(23)28-2)7-11-24(27)26-21-8-4-18(5-9-21)16-20-12-14-25-15-13-20/h4-15,17H,3,16H2,1-2H3,(H,26,27)/b11-7+. The summed E-state index contributed by atoms with van der Waals surface area (Å²) in [4.78, 5) is 16.3. The molecule has 148 valence electrons. The van der Waals surface area contributed by atoms with Crippen LogP contribution in [0.3, 0.4) is 0 Å². The molecule has 3 aromatic rings. The summed E-state index contributed by atoms with van der Waals surface area (Å²) in [6.07, 6.45) is 7.65. The second-order valence-electron chi connectivity index (χ2n) is 6.40. The van der Waals surface area contributed by atoms with Crippen LogP contribution < -0.4 is 14.8 Å². The molecule has 0 aliphatic rings. The van der Waals surface area contributed by atoms with Crippen molar-refractivity contribution < 1.29 is 14.3 Å². The lowest BCUT2D eigenvalue weighted by Gasteiger charge is -2.09. The highest BCUT2D eigenvalue weighted by molar-refractivity contribution is 6.01. The third-order valence-corrected chi connectivity index (χ3v) is 4.29. The normalized spacial score (nSPS) is 10.7. The first kappa shape index (κ1) is 20.1. The number of aromatic nitrogens is 1. The Hall–Kier alpha value is -3.60. The minimum atomic E-state index is -0.194. The molecule has 5 nitrogen and oxygen atoms in total. The summed E-state index contributed by atoms with van der Waals surface area (Å²) in [7, 11) is 1.60. The maximum Gasteiger partial charge on any atom is 0.248 e. The Kier molecular flexibility index (Phi) is 7.00. The molecular formula is C24H24N2O3. The smallest absolute Gasteiger partial charge is 0.248 e. The second kappa shape index (κ2) is 10.1. The number of pyridine rings is 1. The van der Waals surface area contributed by atoms with Gasteiger partial charge in [-0.1, -0.05) is 18.2 Å². The summed E-state index contributed by atoms with van der Waals surface area (Å²) in [5, 5.41) is 2.87. The molecular weight excluding hydrogens is 364 g/mol. The van der Waals surface area contributed by atoms with E-state index in [1.54, 1.807) is 25.6 Å². The molecule has 0 radical (unpaired) electrons. The van der Waals surface area contributed by atoms with Gasteiger partial charge in [-0.3, -0.25) is 9.78 Å². The fourth-order valence-corrected chi connectivity index (χ4v) is 2.86. The van der Waals surface area contributed by atoms with Crippen LogP contribution in [0, 0.1) is 0 Å². The average Bonchev–Trinajstić information content (AvgIpc) is 2.75. The zero-order valence-electron chi connectivity index (χ0n) is 16.6. The van der Waals surface area contributed by atoms with Crippen LogP contribution >= 0.6 is 0 Å². The topological polar surface area (TPSA) is 60.5 Å². The van der Waals surface area contributed by atoms with Gasteiger partial charge in [0.2, 0.25) is 5.91 Å². The molecule has 29 heavy (non-hydrogen) atoms. The molecule has 0 aliphatic carbocycles. The Morgan fingerprint density at radius 1 is 1.00 bits per heavy atom. The predicted octanol–water partition coefficient (Wildman–Crippen LogP) is 4.73. The van der Waals surface area contributed by atoms with Gasteiger partial charge in [-0.05, 0) is 72.5 Å². The van der Waals surface area contributed by atoms with Crippen molar-refractivity contribution in [3.63, 3.8) is 0 Å². The molecule has 0 unspecified atom stereocenters. The molecule has 1 N–H and O–H groups in total. The maximum absolute atomic E-state index is 12.2. The number of benzene rings is 2. The summed E-state index contributed by atoms with van der Waals surface area (Å²) >= 11 is 0. The molecule has 0 saturated heterocycles. The van der Waals surface area contributed by atoms with Gasteiger partial charge in [-0.25, -0.2) is 0 Å². The zero-order chi connectivity index (χ0) is 20.5. The zero-order valence-corrected chi connectivity index (χ0v) is 16.6. The first-order valence-electron chi connectivity index (χ1n) is 9.45. The van der Waals surface area contributed by atoms with E-state index in [1.807, 2.05) is 61.5 Å². The molecule has 0 fully saturated rings. The van der Waals surface area contributed by atoms with Crippen molar-refractivity contribution in [1.82, 2.24) is 4.98 Å². The number of anilines is 1. The Bertz CT molecular complexity index is 967. The van der Waals surface area contributed by atoms with Crippen LogP contribution in [0.2, 0.25) is 0 Å². The Balaban J connectivity index is 1.59. The third kappa shape index (κ3) is 5.94. The number of nitrogens with zero attached hydrogens (tertiary/aromatic N) is 1. The molecule has 1 amide bonds. The molecule has 0 spiro atoms. The van der Waals surface area contributed by atoms with E-state index < -0.39 is 0 Å². The maximum atomic E-state index is 12.2. The van der Waals surface area contributed by atoms with E-state index in [-0.39, 0.29) is 5.91 Å². The molecule has 1 aromatic heterocycles. The van der Waals surface area contributed by atoms with Crippen LogP contribution in [-0.2, 0) is 11.2 Å². The van der Waals surface area contributed by atoms with E-state index in [9.17, 15) is 4.79 Å². The van der Waals surface area contributed by atoms with Gasteiger partial charge in [0.15, 0.2) is 11.5 Å². The largest absolute Gasteiger partial charge is 0.493 e. The highest BCUT2D eigenvalue weighted by Crippen LogP contribution is 2.28. The lowest BCUT2D eigenvalue weighted by Crippen LogP contribution is -2.07. The number of hydrogen-bond donors (Lipinski definition) is 1. The molecule has 0 aliphatic heterocycles. The molecule has 5 heteroatoms. The Labute approximate surface area is 171 Å². The minimum absolute atomic E-state index is 0.194.